The zero-order valence-corrected chi connectivity index (χ0v) is 12.7. The molecule has 7 nitrogen and oxygen atoms in total. The Balaban J connectivity index is 1.98. The molecular weight excluding hydrogens is 310 g/mol. The molecule has 3 rings (SSSR count). The summed E-state index contributed by atoms with van der Waals surface area (Å²) in [6.07, 6.45) is 1.69. The van der Waals surface area contributed by atoms with E-state index in [-0.39, 0.29) is 17.0 Å². The molecule has 24 heavy (non-hydrogen) atoms. The number of carbonyl (C=O) groups excluding carboxylic acids is 1. The number of hydrogen-bond acceptors (Lipinski definition) is 5. The van der Waals surface area contributed by atoms with Gasteiger partial charge in [0.2, 0.25) is 5.75 Å². The molecule has 0 saturated heterocycles. The summed E-state index contributed by atoms with van der Waals surface area (Å²) in [7, 11) is 1.46. The summed E-state index contributed by atoms with van der Waals surface area (Å²) in [4.78, 5) is 26.5. The minimum atomic E-state index is -0.579. The first-order valence-corrected chi connectivity index (χ1v) is 7.11. The Morgan fingerprint density at radius 2 is 2.04 bits per heavy atom. The summed E-state index contributed by atoms with van der Waals surface area (Å²) in [6, 6.07) is 13.0. The molecule has 0 radical (unpaired) electrons. The predicted octanol–water partition coefficient (Wildman–Crippen LogP) is 3.29. The number of hydrogen-bond donors (Lipinski definition) is 1. The van der Waals surface area contributed by atoms with E-state index < -0.39 is 10.8 Å². The van der Waals surface area contributed by atoms with E-state index in [0.717, 1.165) is 10.9 Å². The fraction of sp³-hybridized carbons (Fsp3) is 0.0588. The molecule has 0 bridgehead atoms. The third-order valence-electron chi connectivity index (χ3n) is 3.45. The van der Waals surface area contributed by atoms with Crippen LogP contribution in [0.25, 0.3) is 10.9 Å². The monoisotopic (exact) mass is 323 g/mol. The van der Waals surface area contributed by atoms with Gasteiger partial charge in [-0.25, -0.2) is 0 Å². The molecule has 0 atom stereocenters. The highest BCUT2D eigenvalue weighted by molar-refractivity contribution is 5.95. The second-order valence-corrected chi connectivity index (χ2v) is 4.98. The molecule has 3 aromatic rings. The second kappa shape index (κ2) is 6.33. The van der Waals surface area contributed by atoms with Crippen molar-refractivity contribution in [3.63, 3.8) is 0 Å². The number of ether oxygens (including phenoxy) is 1. The van der Waals surface area contributed by atoms with Gasteiger partial charge in [-0.2, -0.15) is 0 Å². The van der Waals surface area contributed by atoms with Gasteiger partial charge in [-0.05, 0) is 36.4 Å². The number of rotatable bonds is 4. The SMILES string of the molecule is CNC(=O)c1ccc(Oc2ccc3ncccc3c2)c([N+](=O)[O-])c1. The van der Waals surface area contributed by atoms with Crippen LogP contribution in [0.1, 0.15) is 10.4 Å². The van der Waals surface area contributed by atoms with Gasteiger partial charge in [-0.15, -0.1) is 0 Å². The predicted molar refractivity (Wildman–Crippen MR) is 88.3 cm³/mol. The molecule has 1 aromatic heterocycles. The van der Waals surface area contributed by atoms with Crippen molar-refractivity contribution in [1.82, 2.24) is 10.3 Å². The average molecular weight is 323 g/mol. The Morgan fingerprint density at radius 1 is 1.21 bits per heavy atom. The molecule has 120 valence electrons. The maximum Gasteiger partial charge on any atom is 0.312 e. The van der Waals surface area contributed by atoms with E-state index in [1.165, 1.54) is 25.2 Å². The number of nitrogens with one attached hydrogen (secondary N) is 1. The summed E-state index contributed by atoms with van der Waals surface area (Å²) in [5.74, 6) is 0.114. The molecule has 1 N–H and O–H groups in total. The van der Waals surface area contributed by atoms with E-state index >= 15 is 0 Å². The Hall–Kier alpha value is -3.48. The zero-order chi connectivity index (χ0) is 17.1. The van der Waals surface area contributed by atoms with Crippen molar-refractivity contribution in [2.24, 2.45) is 0 Å². The molecule has 0 fully saturated rings. The molecule has 0 aliphatic heterocycles. The highest BCUT2D eigenvalue weighted by Crippen LogP contribution is 2.33. The van der Waals surface area contributed by atoms with Crippen LogP contribution in [0, 0.1) is 10.1 Å². The van der Waals surface area contributed by atoms with E-state index in [0.29, 0.717) is 5.75 Å². The molecule has 0 aliphatic carbocycles. The fourth-order valence-electron chi connectivity index (χ4n) is 2.28. The van der Waals surface area contributed by atoms with Crippen LogP contribution in [0.4, 0.5) is 5.69 Å². The van der Waals surface area contributed by atoms with Crippen molar-refractivity contribution in [1.29, 1.82) is 0 Å². The van der Waals surface area contributed by atoms with Gasteiger partial charge in [0.05, 0.1) is 10.4 Å². The summed E-state index contributed by atoms with van der Waals surface area (Å²) in [5, 5.41) is 14.6. The quantitative estimate of drug-likeness (QED) is 0.587. The van der Waals surface area contributed by atoms with Crippen molar-refractivity contribution >= 4 is 22.5 Å². The molecule has 0 aliphatic rings. The van der Waals surface area contributed by atoms with Crippen LogP contribution in [-0.2, 0) is 0 Å². The molecule has 1 heterocycles. The van der Waals surface area contributed by atoms with E-state index in [1.807, 2.05) is 6.07 Å². The lowest BCUT2D eigenvalue weighted by atomic mass is 10.1. The number of fused-ring (bicyclic) bond motifs is 1. The van der Waals surface area contributed by atoms with Crippen molar-refractivity contribution in [2.75, 3.05) is 7.05 Å². The lowest BCUT2D eigenvalue weighted by Crippen LogP contribution is -2.17. The van der Waals surface area contributed by atoms with E-state index in [1.54, 1.807) is 30.5 Å². The number of amides is 1. The smallest absolute Gasteiger partial charge is 0.312 e. The standard InChI is InChI=1S/C17H13N3O4/c1-18-17(21)12-4-7-16(15(10-12)20(22)23)24-13-5-6-14-11(9-13)3-2-8-19-14/h2-10H,1H3,(H,18,21). The van der Waals surface area contributed by atoms with Gasteiger partial charge >= 0.3 is 5.69 Å². The highest BCUT2D eigenvalue weighted by atomic mass is 16.6. The number of benzene rings is 2. The zero-order valence-electron chi connectivity index (χ0n) is 12.7. The van der Waals surface area contributed by atoms with Crippen LogP contribution in [0.5, 0.6) is 11.5 Å². The van der Waals surface area contributed by atoms with Gasteiger partial charge in [0.15, 0.2) is 0 Å². The van der Waals surface area contributed by atoms with Crippen LogP contribution in [-0.4, -0.2) is 22.9 Å². The van der Waals surface area contributed by atoms with Gasteiger partial charge in [-0.1, -0.05) is 6.07 Å². The van der Waals surface area contributed by atoms with Gasteiger partial charge in [0.25, 0.3) is 5.91 Å². The fourth-order valence-corrected chi connectivity index (χ4v) is 2.28. The Kier molecular flexibility index (Phi) is 4.07. The topological polar surface area (TPSA) is 94.4 Å². The summed E-state index contributed by atoms with van der Waals surface area (Å²) in [5.41, 5.74) is 0.718. The minimum Gasteiger partial charge on any atom is -0.450 e. The normalized spacial score (nSPS) is 10.4. The molecule has 0 unspecified atom stereocenters. The largest absolute Gasteiger partial charge is 0.450 e. The second-order valence-electron chi connectivity index (χ2n) is 4.98. The van der Waals surface area contributed by atoms with E-state index in [9.17, 15) is 14.9 Å². The number of pyridine rings is 1. The Morgan fingerprint density at radius 3 is 2.79 bits per heavy atom. The molecule has 0 saturated carbocycles. The lowest BCUT2D eigenvalue weighted by Gasteiger charge is -2.08. The first kappa shape index (κ1) is 15.4. The van der Waals surface area contributed by atoms with Crippen LogP contribution in [0.3, 0.4) is 0 Å². The van der Waals surface area contributed by atoms with E-state index in [2.05, 4.69) is 10.3 Å². The van der Waals surface area contributed by atoms with Gasteiger partial charge in [0.1, 0.15) is 5.75 Å². The van der Waals surface area contributed by atoms with Crippen LogP contribution in [0.15, 0.2) is 54.7 Å². The third-order valence-corrected chi connectivity index (χ3v) is 3.45. The molecule has 2 aromatic carbocycles. The number of nitrogens with zero attached hydrogens (tertiary/aromatic N) is 2. The summed E-state index contributed by atoms with van der Waals surface area (Å²) < 4.78 is 5.65. The van der Waals surface area contributed by atoms with Gasteiger partial charge in [0, 0.05) is 30.3 Å². The molecule has 7 heteroatoms. The Bertz CT molecular complexity index is 940. The lowest BCUT2D eigenvalue weighted by molar-refractivity contribution is -0.385. The minimum absolute atomic E-state index is 0.0656. The third kappa shape index (κ3) is 3.00. The summed E-state index contributed by atoms with van der Waals surface area (Å²) >= 11 is 0. The number of carbonyl (C=O) groups is 1. The molecule has 1 amide bonds. The first-order valence-electron chi connectivity index (χ1n) is 7.11. The van der Waals surface area contributed by atoms with Crippen molar-refractivity contribution in [3.05, 3.63) is 70.4 Å². The number of nitro benzene ring substituents is 1. The molecule has 0 spiro atoms. The van der Waals surface area contributed by atoms with Crippen LogP contribution in [0.2, 0.25) is 0 Å². The summed E-state index contributed by atoms with van der Waals surface area (Å²) in [6.45, 7) is 0. The average Bonchev–Trinajstić information content (AvgIpc) is 2.61. The van der Waals surface area contributed by atoms with E-state index in [4.69, 9.17) is 4.74 Å². The molecular formula is C17H13N3O4. The van der Waals surface area contributed by atoms with Gasteiger partial charge < -0.3 is 10.1 Å². The van der Waals surface area contributed by atoms with Crippen molar-refractivity contribution in [2.45, 2.75) is 0 Å². The van der Waals surface area contributed by atoms with Gasteiger partial charge in [-0.3, -0.25) is 19.9 Å². The van der Waals surface area contributed by atoms with Crippen LogP contribution >= 0.6 is 0 Å². The maximum absolute atomic E-state index is 11.6. The maximum atomic E-state index is 11.6. The first-order chi connectivity index (χ1) is 11.6. The highest BCUT2D eigenvalue weighted by Gasteiger charge is 2.19. The Labute approximate surface area is 137 Å². The number of aromatic nitrogens is 1. The van der Waals surface area contributed by atoms with Crippen molar-refractivity contribution < 1.29 is 14.5 Å². The van der Waals surface area contributed by atoms with Crippen molar-refractivity contribution in [3.8, 4) is 11.5 Å². The van der Waals surface area contributed by atoms with Crippen LogP contribution < -0.4 is 10.1 Å². The number of nitro groups is 1.